The summed E-state index contributed by atoms with van der Waals surface area (Å²) in [6.45, 7) is 4.39. The van der Waals surface area contributed by atoms with Crippen molar-refractivity contribution in [1.82, 2.24) is 9.80 Å². The zero-order chi connectivity index (χ0) is 16.1. The lowest BCUT2D eigenvalue weighted by Crippen LogP contribution is -2.52. The molecule has 1 aromatic rings. The number of hydrogen-bond acceptors (Lipinski definition) is 3. The Balaban J connectivity index is 1.48. The predicted octanol–water partition coefficient (Wildman–Crippen LogP) is 2.46. The number of nitrogens with zero attached hydrogens (tertiary/aromatic N) is 3. The molecule has 122 valence electrons. The van der Waals surface area contributed by atoms with E-state index in [9.17, 15) is 10.1 Å². The molecule has 23 heavy (non-hydrogen) atoms. The van der Waals surface area contributed by atoms with Gasteiger partial charge in [0.25, 0.3) is 0 Å². The van der Waals surface area contributed by atoms with Gasteiger partial charge in [0.2, 0.25) is 5.91 Å². The lowest BCUT2D eigenvalue weighted by Gasteiger charge is -2.37. The summed E-state index contributed by atoms with van der Waals surface area (Å²) in [6.07, 6.45) is 4.57. The van der Waals surface area contributed by atoms with E-state index in [0.717, 1.165) is 64.8 Å². The van der Waals surface area contributed by atoms with Crippen molar-refractivity contribution in [3.63, 3.8) is 0 Å². The van der Waals surface area contributed by atoms with Crippen molar-refractivity contribution in [2.75, 3.05) is 32.7 Å². The van der Waals surface area contributed by atoms with Crippen molar-refractivity contribution in [3.05, 3.63) is 35.9 Å². The van der Waals surface area contributed by atoms with Crippen LogP contribution in [0.3, 0.4) is 0 Å². The molecule has 2 aliphatic rings. The van der Waals surface area contributed by atoms with Crippen LogP contribution in [0.2, 0.25) is 0 Å². The fourth-order valence-electron chi connectivity index (χ4n) is 3.76. The first-order valence-corrected chi connectivity index (χ1v) is 8.70. The SMILES string of the molecule is N#CC1(C(=O)N2CCN(CCc3ccccc3)CC2)CCCC1. The third kappa shape index (κ3) is 3.56. The van der Waals surface area contributed by atoms with Gasteiger partial charge in [-0.3, -0.25) is 9.69 Å². The summed E-state index contributed by atoms with van der Waals surface area (Å²) in [5.74, 6) is 0.0835. The second-order valence-electron chi connectivity index (χ2n) is 6.77. The molecule has 1 saturated carbocycles. The van der Waals surface area contributed by atoms with E-state index in [-0.39, 0.29) is 5.91 Å². The van der Waals surface area contributed by atoms with E-state index in [1.807, 2.05) is 11.0 Å². The Bertz CT molecular complexity index is 564. The molecule has 4 nitrogen and oxygen atoms in total. The van der Waals surface area contributed by atoms with Gasteiger partial charge in [-0.05, 0) is 24.8 Å². The summed E-state index contributed by atoms with van der Waals surface area (Å²) >= 11 is 0. The number of piperazine rings is 1. The van der Waals surface area contributed by atoms with E-state index in [0.29, 0.717) is 0 Å². The number of amides is 1. The molecule has 0 atom stereocenters. The Labute approximate surface area is 138 Å². The molecule has 3 rings (SSSR count). The average molecular weight is 311 g/mol. The molecule has 1 aliphatic heterocycles. The molecule has 1 aromatic carbocycles. The van der Waals surface area contributed by atoms with Crippen LogP contribution in [0.4, 0.5) is 0 Å². The molecule has 0 N–H and O–H groups in total. The summed E-state index contributed by atoms with van der Waals surface area (Å²) < 4.78 is 0. The Morgan fingerprint density at radius 3 is 2.35 bits per heavy atom. The van der Waals surface area contributed by atoms with E-state index in [1.165, 1.54) is 5.56 Å². The summed E-state index contributed by atoms with van der Waals surface area (Å²) in [4.78, 5) is 17.1. The molecule has 0 bridgehead atoms. The fourth-order valence-corrected chi connectivity index (χ4v) is 3.76. The minimum Gasteiger partial charge on any atom is -0.339 e. The quantitative estimate of drug-likeness (QED) is 0.858. The van der Waals surface area contributed by atoms with Crippen LogP contribution >= 0.6 is 0 Å². The lowest BCUT2D eigenvalue weighted by atomic mass is 9.86. The zero-order valence-electron chi connectivity index (χ0n) is 13.7. The van der Waals surface area contributed by atoms with Crippen LogP contribution in [0.1, 0.15) is 31.2 Å². The number of carbonyl (C=O) groups excluding carboxylic acids is 1. The molecule has 1 saturated heterocycles. The van der Waals surface area contributed by atoms with Gasteiger partial charge in [-0.15, -0.1) is 0 Å². The van der Waals surface area contributed by atoms with Gasteiger partial charge in [-0.25, -0.2) is 0 Å². The Hall–Kier alpha value is -1.86. The van der Waals surface area contributed by atoms with Crippen molar-refractivity contribution < 1.29 is 4.79 Å². The van der Waals surface area contributed by atoms with E-state index < -0.39 is 5.41 Å². The number of benzene rings is 1. The highest BCUT2D eigenvalue weighted by Gasteiger charge is 2.44. The topological polar surface area (TPSA) is 47.3 Å². The largest absolute Gasteiger partial charge is 0.339 e. The van der Waals surface area contributed by atoms with Crippen molar-refractivity contribution in [2.45, 2.75) is 32.1 Å². The molecular weight excluding hydrogens is 286 g/mol. The molecule has 1 heterocycles. The van der Waals surface area contributed by atoms with E-state index >= 15 is 0 Å². The van der Waals surface area contributed by atoms with Crippen molar-refractivity contribution >= 4 is 5.91 Å². The fraction of sp³-hybridized carbons (Fsp3) is 0.579. The van der Waals surface area contributed by atoms with E-state index in [2.05, 4.69) is 35.2 Å². The van der Waals surface area contributed by atoms with Crippen LogP contribution in [-0.4, -0.2) is 48.4 Å². The van der Waals surface area contributed by atoms with Crippen LogP contribution in [0.25, 0.3) is 0 Å². The minimum atomic E-state index is -0.716. The van der Waals surface area contributed by atoms with Gasteiger partial charge in [-0.2, -0.15) is 5.26 Å². The third-order valence-electron chi connectivity index (χ3n) is 5.30. The van der Waals surface area contributed by atoms with Crippen molar-refractivity contribution in [3.8, 4) is 6.07 Å². The summed E-state index contributed by atoms with van der Waals surface area (Å²) in [5, 5.41) is 9.47. The molecule has 1 aliphatic carbocycles. The van der Waals surface area contributed by atoms with Crippen LogP contribution in [0.15, 0.2) is 30.3 Å². The number of rotatable bonds is 4. The number of hydrogen-bond donors (Lipinski definition) is 0. The second-order valence-corrected chi connectivity index (χ2v) is 6.77. The van der Waals surface area contributed by atoms with Gasteiger partial charge in [0.1, 0.15) is 5.41 Å². The predicted molar refractivity (Wildman–Crippen MR) is 89.7 cm³/mol. The smallest absolute Gasteiger partial charge is 0.243 e. The number of nitriles is 1. The van der Waals surface area contributed by atoms with Crippen LogP contribution < -0.4 is 0 Å². The standard InChI is InChI=1S/C19H25N3O/c20-16-19(9-4-5-10-19)18(23)22-14-12-21(13-15-22)11-8-17-6-2-1-3-7-17/h1-3,6-7H,4-5,8-15H2. The summed E-state index contributed by atoms with van der Waals surface area (Å²) in [5.41, 5.74) is 0.645. The molecule has 4 heteroatoms. The van der Waals surface area contributed by atoms with Crippen LogP contribution in [0.5, 0.6) is 0 Å². The highest BCUT2D eigenvalue weighted by atomic mass is 16.2. The normalized spacial score (nSPS) is 21.1. The first-order chi connectivity index (χ1) is 11.2. The minimum absolute atomic E-state index is 0.0835. The maximum atomic E-state index is 12.7. The maximum Gasteiger partial charge on any atom is 0.243 e. The van der Waals surface area contributed by atoms with E-state index in [1.54, 1.807) is 0 Å². The first-order valence-electron chi connectivity index (χ1n) is 8.70. The van der Waals surface area contributed by atoms with Gasteiger partial charge in [0.15, 0.2) is 0 Å². The van der Waals surface area contributed by atoms with Crippen molar-refractivity contribution in [1.29, 1.82) is 5.26 Å². The number of carbonyl (C=O) groups is 1. The second kappa shape index (κ2) is 7.14. The first kappa shape index (κ1) is 16.0. The van der Waals surface area contributed by atoms with Gasteiger partial charge < -0.3 is 4.90 Å². The molecule has 2 fully saturated rings. The van der Waals surface area contributed by atoms with Gasteiger partial charge in [0.05, 0.1) is 6.07 Å². The van der Waals surface area contributed by atoms with Crippen LogP contribution in [-0.2, 0) is 11.2 Å². The maximum absolute atomic E-state index is 12.7. The molecular formula is C19H25N3O. The zero-order valence-corrected chi connectivity index (χ0v) is 13.7. The van der Waals surface area contributed by atoms with Gasteiger partial charge in [-0.1, -0.05) is 43.2 Å². The molecule has 0 spiro atoms. The highest BCUT2D eigenvalue weighted by Crippen LogP contribution is 2.39. The Kier molecular flexibility index (Phi) is 4.97. The lowest BCUT2D eigenvalue weighted by molar-refractivity contribution is -0.140. The van der Waals surface area contributed by atoms with Crippen LogP contribution in [0, 0.1) is 16.7 Å². The molecule has 0 unspecified atom stereocenters. The molecule has 0 radical (unpaired) electrons. The third-order valence-corrected chi connectivity index (χ3v) is 5.30. The summed E-state index contributed by atoms with van der Waals surface area (Å²) in [6, 6.07) is 12.9. The highest BCUT2D eigenvalue weighted by molar-refractivity contribution is 5.86. The monoisotopic (exact) mass is 311 g/mol. The average Bonchev–Trinajstić information content (AvgIpc) is 3.11. The van der Waals surface area contributed by atoms with Crippen molar-refractivity contribution in [2.24, 2.45) is 5.41 Å². The summed E-state index contributed by atoms with van der Waals surface area (Å²) in [7, 11) is 0. The molecule has 1 amide bonds. The molecule has 0 aromatic heterocycles. The van der Waals surface area contributed by atoms with Gasteiger partial charge >= 0.3 is 0 Å². The Morgan fingerprint density at radius 1 is 1.09 bits per heavy atom. The van der Waals surface area contributed by atoms with Gasteiger partial charge in [0, 0.05) is 32.7 Å². The van der Waals surface area contributed by atoms with E-state index in [4.69, 9.17) is 0 Å². The Morgan fingerprint density at radius 2 is 1.74 bits per heavy atom.